The van der Waals surface area contributed by atoms with Gasteiger partial charge in [0.2, 0.25) is 5.91 Å². The van der Waals surface area contributed by atoms with E-state index in [9.17, 15) is 30.0 Å². The number of nitrogens with zero attached hydrogens (tertiary/aromatic N) is 3. The smallest absolute Gasteiger partial charge is 0.339 e. The molecule has 1 aliphatic heterocycles. The maximum Gasteiger partial charge on any atom is 0.339 e. The molecule has 0 saturated carbocycles. The number of rotatable bonds is 11. The molecule has 11 nitrogen and oxygen atoms in total. The summed E-state index contributed by atoms with van der Waals surface area (Å²) in [6, 6.07) is 24.3. The molecule has 3 amide bonds. The number of carbonyl (C=O) groups excluding carboxylic acids is 2. The predicted octanol–water partition coefficient (Wildman–Crippen LogP) is 4.61. The highest BCUT2D eigenvalue weighted by molar-refractivity contribution is 5.82. The Kier molecular flexibility index (Phi) is 10.4. The number of phenols is 3. The van der Waals surface area contributed by atoms with Gasteiger partial charge in [0, 0.05) is 13.0 Å². The van der Waals surface area contributed by atoms with E-state index < -0.39 is 18.2 Å². The number of aromatic hydroxyl groups is 3. The van der Waals surface area contributed by atoms with Crippen molar-refractivity contribution < 1.29 is 39.5 Å². The number of methoxy groups -OCH3 is 2. The Morgan fingerprint density at radius 1 is 0.766 bits per heavy atom. The molecule has 5 rings (SSSR count). The predicted molar refractivity (Wildman–Crippen MR) is 174 cm³/mol. The van der Waals surface area contributed by atoms with Crippen molar-refractivity contribution >= 4 is 11.9 Å². The first-order valence-corrected chi connectivity index (χ1v) is 15.3. The number of β-amino-alcohol motifs (C(OH)–C–C–N with tert-alkyl or cyclic N) is 1. The molecule has 4 aromatic rings. The second-order valence-electron chi connectivity index (χ2n) is 11.4. The third-order valence-corrected chi connectivity index (χ3v) is 8.28. The molecule has 1 saturated heterocycles. The maximum atomic E-state index is 14.7. The molecule has 246 valence electrons. The summed E-state index contributed by atoms with van der Waals surface area (Å²) in [7, 11) is 2.86. The van der Waals surface area contributed by atoms with Gasteiger partial charge in [-0.3, -0.25) is 4.79 Å². The number of carbonyl (C=O) groups is 2. The number of hydrazine groups is 1. The van der Waals surface area contributed by atoms with Crippen LogP contribution in [0.15, 0.2) is 91.0 Å². The Labute approximate surface area is 273 Å². The van der Waals surface area contributed by atoms with E-state index in [-0.39, 0.29) is 60.7 Å². The van der Waals surface area contributed by atoms with Gasteiger partial charge in [-0.05, 0) is 71.5 Å². The Morgan fingerprint density at radius 3 is 1.94 bits per heavy atom. The molecule has 2 atom stereocenters. The van der Waals surface area contributed by atoms with E-state index in [0.29, 0.717) is 24.0 Å². The number of hydrogen-bond acceptors (Lipinski definition) is 8. The lowest BCUT2D eigenvalue weighted by Gasteiger charge is -2.36. The van der Waals surface area contributed by atoms with E-state index in [1.54, 1.807) is 53.4 Å². The van der Waals surface area contributed by atoms with E-state index in [2.05, 4.69) is 0 Å². The van der Waals surface area contributed by atoms with Crippen LogP contribution in [0, 0.1) is 0 Å². The minimum atomic E-state index is -1.13. The fraction of sp³-hybridized carbons (Fsp3) is 0.278. The molecule has 4 aromatic carbocycles. The fourth-order valence-electron chi connectivity index (χ4n) is 5.73. The molecule has 1 aliphatic rings. The molecule has 1 heterocycles. The highest BCUT2D eigenvalue weighted by Crippen LogP contribution is 2.31. The van der Waals surface area contributed by atoms with Crippen LogP contribution < -0.4 is 9.47 Å². The number of urea groups is 1. The second-order valence-corrected chi connectivity index (χ2v) is 11.4. The lowest BCUT2D eigenvalue weighted by atomic mass is 9.99. The summed E-state index contributed by atoms with van der Waals surface area (Å²) in [6.45, 7) is -0.155. The van der Waals surface area contributed by atoms with E-state index in [0.717, 1.165) is 11.1 Å². The minimum Gasteiger partial charge on any atom is -0.508 e. The van der Waals surface area contributed by atoms with Gasteiger partial charge in [-0.2, -0.15) is 0 Å². The van der Waals surface area contributed by atoms with Crippen molar-refractivity contribution in [1.29, 1.82) is 0 Å². The first-order chi connectivity index (χ1) is 22.7. The fourth-order valence-corrected chi connectivity index (χ4v) is 5.73. The van der Waals surface area contributed by atoms with Gasteiger partial charge in [-0.1, -0.05) is 54.6 Å². The average Bonchev–Trinajstić information content (AvgIpc) is 3.17. The SMILES string of the molecule is COc1cc(CN2C(=O)N(Cc3ccc(O)c(OC)c3)N(C(=O)CCc3ccc(O)cc3)C[C@@H](O)[C@H]2Cc2ccccc2)ccc1O. The third kappa shape index (κ3) is 7.87. The van der Waals surface area contributed by atoms with Crippen LogP contribution in [-0.2, 0) is 30.7 Å². The number of aliphatic hydroxyl groups excluding tert-OH is 1. The summed E-state index contributed by atoms with van der Waals surface area (Å²) >= 11 is 0. The van der Waals surface area contributed by atoms with E-state index in [4.69, 9.17) is 9.47 Å². The molecule has 11 heteroatoms. The molecular formula is C36H39N3O8. The van der Waals surface area contributed by atoms with Gasteiger partial charge in [0.1, 0.15) is 5.75 Å². The van der Waals surface area contributed by atoms with E-state index in [1.807, 2.05) is 30.3 Å². The monoisotopic (exact) mass is 641 g/mol. The van der Waals surface area contributed by atoms with Crippen molar-refractivity contribution in [3.8, 4) is 28.7 Å². The highest BCUT2D eigenvalue weighted by atomic mass is 16.5. The molecule has 0 aromatic heterocycles. The van der Waals surface area contributed by atoms with Gasteiger partial charge in [0.25, 0.3) is 0 Å². The maximum absolute atomic E-state index is 14.7. The quantitative estimate of drug-likeness (QED) is 0.186. The summed E-state index contributed by atoms with van der Waals surface area (Å²) in [5.41, 5.74) is 2.97. The lowest BCUT2D eigenvalue weighted by Crippen LogP contribution is -2.52. The number of ether oxygens (including phenoxy) is 2. The largest absolute Gasteiger partial charge is 0.508 e. The summed E-state index contributed by atoms with van der Waals surface area (Å²) in [5, 5.41) is 44.5. The molecule has 0 unspecified atom stereocenters. The zero-order valence-corrected chi connectivity index (χ0v) is 26.3. The first-order valence-electron chi connectivity index (χ1n) is 15.3. The van der Waals surface area contributed by atoms with Gasteiger partial charge in [-0.25, -0.2) is 14.8 Å². The lowest BCUT2D eigenvalue weighted by molar-refractivity contribution is -0.147. The Bertz CT molecular complexity index is 1680. The van der Waals surface area contributed by atoms with Crippen LogP contribution >= 0.6 is 0 Å². The summed E-state index contributed by atoms with van der Waals surface area (Å²) in [6.07, 6.45) is -0.418. The van der Waals surface area contributed by atoms with Crippen molar-refractivity contribution in [2.24, 2.45) is 0 Å². The van der Waals surface area contributed by atoms with Crippen LogP contribution in [0.5, 0.6) is 28.7 Å². The van der Waals surface area contributed by atoms with Crippen molar-refractivity contribution in [3.05, 3.63) is 113 Å². The van der Waals surface area contributed by atoms with Crippen molar-refractivity contribution in [3.63, 3.8) is 0 Å². The number of amides is 3. The van der Waals surface area contributed by atoms with Gasteiger partial charge in [0.15, 0.2) is 23.0 Å². The van der Waals surface area contributed by atoms with Crippen LogP contribution in [-0.4, -0.2) is 80.2 Å². The van der Waals surface area contributed by atoms with Gasteiger partial charge < -0.3 is 34.8 Å². The number of aryl methyl sites for hydroxylation is 1. The van der Waals surface area contributed by atoms with Crippen LogP contribution in [0.4, 0.5) is 4.79 Å². The van der Waals surface area contributed by atoms with Gasteiger partial charge in [0.05, 0.1) is 39.5 Å². The van der Waals surface area contributed by atoms with Crippen molar-refractivity contribution in [2.45, 2.75) is 44.5 Å². The summed E-state index contributed by atoms with van der Waals surface area (Å²) in [4.78, 5) is 30.2. The van der Waals surface area contributed by atoms with E-state index >= 15 is 0 Å². The van der Waals surface area contributed by atoms with Crippen molar-refractivity contribution in [2.75, 3.05) is 20.8 Å². The minimum absolute atomic E-state index is 0.0404. The Hall–Kier alpha value is -5.42. The Morgan fingerprint density at radius 2 is 1.34 bits per heavy atom. The summed E-state index contributed by atoms with van der Waals surface area (Å²) < 4.78 is 10.6. The molecular weight excluding hydrogens is 602 g/mol. The Balaban J connectivity index is 1.54. The highest BCUT2D eigenvalue weighted by Gasteiger charge is 2.42. The van der Waals surface area contributed by atoms with Crippen LogP contribution in [0.1, 0.15) is 28.7 Å². The van der Waals surface area contributed by atoms with Crippen LogP contribution in [0.2, 0.25) is 0 Å². The zero-order valence-electron chi connectivity index (χ0n) is 26.3. The average molecular weight is 642 g/mol. The number of benzene rings is 4. The molecule has 1 fully saturated rings. The molecule has 0 spiro atoms. The molecule has 0 aliphatic carbocycles. The normalized spacial score (nSPS) is 16.6. The molecule has 47 heavy (non-hydrogen) atoms. The zero-order chi connectivity index (χ0) is 33.5. The number of hydrogen-bond donors (Lipinski definition) is 4. The van der Waals surface area contributed by atoms with Gasteiger partial charge >= 0.3 is 6.03 Å². The number of aliphatic hydroxyl groups is 1. The van der Waals surface area contributed by atoms with Crippen LogP contribution in [0.3, 0.4) is 0 Å². The van der Waals surface area contributed by atoms with E-state index in [1.165, 1.54) is 36.4 Å². The second kappa shape index (κ2) is 14.8. The van der Waals surface area contributed by atoms with Crippen LogP contribution in [0.25, 0.3) is 0 Å². The standard InChI is InChI=1S/C36H39N3O8/c1-46-33-19-26(10-15-30(33)41)21-37-29(18-25-6-4-3-5-7-25)32(43)23-38(35(44)17-12-24-8-13-28(40)14-9-24)39(36(37)45)22-27-11-16-31(42)34(20-27)47-2/h3-11,13-16,19-20,29,32,40-43H,12,17-18,21-23H2,1-2H3/t29-,32-/m1/s1. The molecule has 0 bridgehead atoms. The number of phenolic OH excluding ortho intramolecular Hbond substituents is 3. The third-order valence-electron chi connectivity index (χ3n) is 8.28. The topological polar surface area (TPSA) is 143 Å². The molecule has 0 radical (unpaired) electrons. The summed E-state index contributed by atoms with van der Waals surface area (Å²) in [5.74, 6) is 0.0820. The van der Waals surface area contributed by atoms with Gasteiger partial charge in [-0.15, -0.1) is 0 Å². The van der Waals surface area contributed by atoms with Crippen molar-refractivity contribution in [1.82, 2.24) is 14.9 Å². The molecule has 4 N–H and O–H groups in total. The first kappa shape index (κ1) is 33.0.